The zero-order chi connectivity index (χ0) is 5.86. The van der Waals surface area contributed by atoms with Crippen LogP contribution in [0.4, 0.5) is 0 Å². The monoisotopic (exact) mass is 103 g/mol. The Labute approximate surface area is 42.2 Å². The highest BCUT2D eigenvalue weighted by molar-refractivity contribution is 5.76. The zero-order valence-electron chi connectivity index (χ0n) is 4.42. The molecule has 0 fully saturated rings. The van der Waals surface area contributed by atoms with Crippen molar-refractivity contribution in [3.8, 4) is 0 Å². The van der Waals surface area contributed by atoms with Crippen LogP contribution < -0.4 is 5.73 Å². The van der Waals surface area contributed by atoms with Crippen LogP contribution >= 0.6 is 0 Å². The SMILES string of the molecule is C/C(N)=N/N(C)O. The molecule has 0 aliphatic carbocycles. The van der Waals surface area contributed by atoms with Crippen molar-refractivity contribution in [1.29, 1.82) is 0 Å². The summed E-state index contributed by atoms with van der Waals surface area (Å²) in [4.78, 5) is 0. The Bertz CT molecular complexity index is 74.2. The van der Waals surface area contributed by atoms with Crippen LogP contribution in [-0.2, 0) is 0 Å². The molecular formula is C3H9N3O. The summed E-state index contributed by atoms with van der Waals surface area (Å²) in [6.07, 6.45) is 0. The van der Waals surface area contributed by atoms with E-state index in [1.807, 2.05) is 0 Å². The second kappa shape index (κ2) is 2.41. The van der Waals surface area contributed by atoms with Crippen molar-refractivity contribution in [1.82, 2.24) is 5.17 Å². The van der Waals surface area contributed by atoms with E-state index >= 15 is 0 Å². The largest absolute Gasteiger partial charge is 0.386 e. The molecule has 0 radical (unpaired) electrons. The van der Waals surface area contributed by atoms with Gasteiger partial charge in [0.1, 0.15) is 5.84 Å². The van der Waals surface area contributed by atoms with Crippen molar-refractivity contribution in [2.75, 3.05) is 7.05 Å². The van der Waals surface area contributed by atoms with Gasteiger partial charge in [0.05, 0.1) is 7.05 Å². The third kappa shape index (κ3) is 5.23. The van der Waals surface area contributed by atoms with Crippen molar-refractivity contribution in [2.24, 2.45) is 10.8 Å². The molecule has 0 aliphatic heterocycles. The molecule has 0 amide bonds. The van der Waals surface area contributed by atoms with E-state index in [1.54, 1.807) is 6.92 Å². The van der Waals surface area contributed by atoms with E-state index in [4.69, 9.17) is 10.9 Å². The summed E-state index contributed by atoms with van der Waals surface area (Å²) in [5.74, 6) is 0.338. The van der Waals surface area contributed by atoms with E-state index < -0.39 is 0 Å². The van der Waals surface area contributed by atoms with Crippen LogP contribution in [0.2, 0.25) is 0 Å². The third-order valence-corrected chi connectivity index (χ3v) is 0.302. The molecule has 3 N–H and O–H groups in total. The topological polar surface area (TPSA) is 61.8 Å². The molecule has 0 aromatic heterocycles. The smallest absolute Gasteiger partial charge is 0.119 e. The van der Waals surface area contributed by atoms with E-state index in [0.717, 1.165) is 0 Å². The van der Waals surface area contributed by atoms with E-state index in [2.05, 4.69) is 5.10 Å². The van der Waals surface area contributed by atoms with E-state index in [9.17, 15) is 0 Å². The Morgan fingerprint density at radius 1 is 1.86 bits per heavy atom. The first-order valence-corrected chi connectivity index (χ1v) is 1.86. The molecule has 0 saturated heterocycles. The second-order valence-electron chi connectivity index (χ2n) is 1.23. The van der Waals surface area contributed by atoms with Crippen LogP contribution in [0.1, 0.15) is 6.92 Å². The normalized spacial score (nSPS) is 11.6. The number of hydroxylamine groups is 1. The van der Waals surface area contributed by atoms with Gasteiger partial charge in [0.2, 0.25) is 0 Å². The van der Waals surface area contributed by atoms with Crippen molar-refractivity contribution in [3.05, 3.63) is 0 Å². The summed E-state index contributed by atoms with van der Waals surface area (Å²) < 4.78 is 0. The molecular weight excluding hydrogens is 94.1 g/mol. The van der Waals surface area contributed by atoms with Crippen LogP contribution in [0.15, 0.2) is 5.10 Å². The molecule has 42 valence electrons. The molecule has 0 aliphatic rings. The average Bonchev–Trinajstić information content (AvgIpc) is 1.27. The minimum Gasteiger partial charge on any atom is -0.386 e. The summed E-state index contributed by atoms with van der Waals surface area (Å²) in [5.41, 5.74) is 5.04. The number of amidine groups is 1. The molecule has 0 aromatic carbocycles. The van der Waals surface area contributed by atoms with Crippen LogP contribution in [0, 0.1) is 0 Å². The standard InChI is InChI=1S/C3H9N3O/c1-3(4)5-6(2)7/h7H,1-2H3,(H2,4,5). The van der Waals surface area contributed by atoms with E-state index in [0.29, 0.717) is 11.0 Å². The van der Waals surface area contributed by atoms with Gasteiger partial charge in [0.15, 0.2) is 0 Å². The average molecular weight is 103 g/mol. The van der Waals surface area contributed by atoms with Crippen LogP contribution in [0.25, 0.3) is 0 Å². The minimum atomic E-state index is 0.338. The molecule has 0 aromatic rings. The van der Waals surface area contributed by atoms with E-state index in [-0.39, 0.29) is 0 Å². The first-order chi connectivity index (χ1) is 3.13. The molecule has 4 heteroatoms. The Hall–Kier alpha value is -0.770. The first-order valence-electron chi connectivity index (χ1n) is 1.86. The van der Waals surface area contributed by atoms with Crippen LogP contribution in [-0.4, -0.2) is 23.3 Å². The van der Waals surface area contributed by atoms with E-state index in [1.165, 1.54) is 7.05 Å². The summed E-state index contributed by atoms with van der Waals surface area (Å²) >= 11 is 0. The third-order valence-electron chi connectivity index (χ3n) is 0.302. The Balaban J connectivity index is 3.45. The van der Waals surface area contributed by atoms with Gasteiger partial charge in [0.25, 0.3) is 0 Å². The molecule has 0 saturated carbocycles. The molecule has 0 spiro atoms. The Morgan fingerprint density at radius 2 is 2.29 bits per heavy atom. The maximum Gasteiger partial charge on any atom is 0.119 e. The van der Waals surface area contributed by atoms with Gasteiger partial charge in [-0.1, -0.05) is 0 Å². The predicted octanol–water partition coefficient (Wildman–Crippen LogP) is -0.401. The Kier molecular flexibility index (Phi) is 2.15. The minimum absolute atomic E-state index is 0.338. The number of rotatable bonds is 1. The lowest BCUT2D eigenvalue weighted by molar-refractivity contribution is -0.0630. The maximum absolute atomic E-state index is 8.29. The maximum atomic E-state index is 8.29. The highest BCUT2D eigenvalue weighted by Gasteiger charge is 1.78. The van der Waals surface area contributed by atoms with Gasteiger partial charge in [-0.05, 0) is 6.92 Å². The van der Waals surface area contributed by atoms with Crippen molar-refractivity contribution < 1.29 is 5.21 Å². The van der Waals surface area contributed by atoms with Crippen molar-refractivity contribution in [2.45, 2.75) is 6.92 Å². The van der Waals surface area contributed by atoms with Gasteiger partial charge in [0, 0.05) is 0 Å². The lowest BCUT2D eigenvalue weighted by Crippen LogP contribution is -2.13. The lowest BCUT2D eigenvalue weighted by atomic mass is 10.7. The number of nitrogens with two attached hydrogens (primary N) is 1. The number of hydrogen-bond acceptors (Lipinski definition) is 3. The highest BCUT2D eigenvalue weighted by Crippen LogP contribution is 1.71. The summed E-state index contributed by atoms with van der Waals surface area (Å²) in [7, 11) is 1.39. The molecule has 0 atom stereocenters. The number of hydrazone groups is 1. The van der Waals surface area contributed by atoms with Gasteiger partial charge in [-0.25, -0.2) is 0 Å². The van der Waals surface area contributed by atoms with Crippen molar-refractivity contribution in [3.63, 3.8) is 0 Å². The fourth-order valence-corrected chi connectivity index (χ4v) is 0.228. The number of hydrogen-bond donors (Lipinski definition) is 2. The first kappa shape index (κ1) is 6.23. The zero-order valence-corrected chi connectivity index (χ0v) is 4.42. The summed E-state index contributed by atoms with van der Waals surface area (Å²) in [6.45, 7) is 1.59. The molecule has 0 unspecified atom stereocenters. The van der Waals surface area contributed by atoms with Gasteiger partial charge in [-0.3, -0.25) is 5.21 Å². The molecule has 0 heterocycles. The van der Waals surface area contributed by atoms with Crippen molar-refractivity contribution >= 4 is 5.84 Å². The highest BCUT2D eigenvalue weighted by atomic mass is 16.5. The fourth-order valence-electron chi connectivity index (χ4n) is 0.228. The summed E-state index contributed by atoms with van der Waals surface area (Å²) in [5, 5.41) is 12.3. The summed E-state index contributed by atoms with van der Waals surface area (Å²) in [6, 6.07) is 0. The Morgan fingerprint density at radius 3 is 2.29 bits per heavy atom. The van der Waals surface area contributed by atoms with Gasteiger partial charge >= 0.3 is 0 Å². The lowest BCUT2D eigenvalue weighted by Gasteiger charge is -1.99. The molecule has 7 heavy (non-hydrogen) atoms. The number of nitrogens with zero attached hydrogens (tertiary/aromatic N) is 2. The van der Waals surface area contributed by atoms with Gasteiger partial charge in [-0.2, -0.15) is 5.17 Å². The molecule has 0 bridgehead atoms. The molecule has 4 nitrogen and oxygen atoms in total. The second-order valence-corrected chi connectivity index (χ2v) is 1.23. The quantitative estimate of drug-likeness (QED) is 0.269. The van der Waals surface area contributed by atoms with Gasteiger partial charge in [-0.15, -0.1) is 5.10 Å². The van der Waals surface area contributed by atoms with Gasteiger partial charge < -0.3 is 5.73 Å². The van der Waals surface area contributed by atoms with Crippen LogP contribution in [0.3, 0.4) is 0 Å². The molecule has 0 rings (SSSR count). The van der Waals surface area contributed by atoms with Crippen LogP contribution in [0.5, 0.6) is 0 Å². The predicted molar refractivity (Wildman–Crippen MR) is 26.8 cm³/mol. The fraction of sp³-hybridized carbons (Fsp3) is 0.667.